The highest BCUT2D eigenvalue weighted by molar-refractivity contribution is 6.09. The van der Waals surface area contributed by atoms with Crippen LogP contribution in [-0.2, 0) is 9.47 Å². The van der Waals surface area contributed by atoms with Gasteiger partial charge in [-0.15, -0.1) is 0 Å². The molecule has 23 heavy (non-hydrogen) atoms. The number of carbonyl (C=O) groups is 1. The van der Waals surface area contributed by atoms with E-state index in [1.807, 2.05) is 6.07 Å². The van der Waals surface area contributed by atoms with Gasteiger partial charge in [-0.05, 0) is 24.3 Å². The lowest BCUT2D eigenvalue weighted by molar-refractivity contribution is -0.0102. The Hall–Kier alpha value is -2.31. The maximum absolute atomic E-state index is 12.5. The Balaban J connectivity index is 1.78. The Bertz CT molecular complexity index is 661. The molecule has 0 aromatic carbocycles. The van der Waals surface area contributed by atoms with E-state index in [9.17, 15) is 4.79 Å². The van der Waals surface area contributed by atoms with Gasteiger partial charge in [-0.1, -0.05) is 0 Å². The number of pyridine rings is 2. The van der Waals surface area contributed by atoms with Crippen LogP contribution in [-0.4, -0.2) is 55.3 Å². The maximum Gasteiger partial charge on any atom is 0.194 e. The first-order valence-corrected chi connectivity index (χ1v) is 7.54. The quantitative estimate of drug-likeness (QED) is 0.781. The van der Waals surface area contributed by atoms with E-state index in [-0.39, 0.29) is 11.9 Å². The summed E-state index contributed by atoms with van der Waals surface area (Å²) in [5.74, 6) is 0.729. The summed E-state index contributed by atoms with van der Waals surface area (Å²) in [6.45, 7) is 2.62. The van der Waals surface area contributed by atoms with Crippen molar-refractivity contribution in [2.24, 2.45) is 0 Å². The van der Waals surface area contributed by atoms with E-state index < -0.39 is 0 Å². The Labute approximate surface area is 135 Å². The third-order valence-corrected chi connectivity index (χ3v) is 3.75. The molecule has 0 bridgehead atoms. The van der Waals surface area contributed by atoms with E-state index in [0.29, 0.717) is 30.9 Å². The fourth-order valence-electron chi connectivity index (χ4n) is 2.61. The SMILES string of the molecule is COC[C@@H]1CN(c2cc(C(=O)c3cccnc3)ccn2)CCO1. The summed E-state index contributed by atoms with van der Waals surface area (Å²) < 4.78 is 10.8. The number of aromatic nitrogens is 2. The van der Waals surface area contributed by atoms with Crippen LogP contribution in [0.1, 0.15) is 15.9 Å². The predicted molar refractivity (Wildman–Crippen MR) is 85.7 cm³/mol. The summed E-state index contributed by atoms with van der Waals surface area (Å²) in [6, 6.07) is 7.07. The standard InChI is InChI=1S/C17H19N3O3/c1-22-12-15-11-20(7-8-23-15)16-9-13(4-6-19-16)17(21)14-3-2-5-18-10-14/h2-6,9-10,15H,7-8,11-12H2,1H3/t15-/m0/s1. The molecule has 6 heteroatoms. The molecule has 0 radical (unpaired) electrons. The number of anilines is 1. The minimum absolute atomic E-state index is 0.0215. The van der Waals surface area contributed by atoms with Crippen LogP contribution in [0, 0.1) is 0 Å². The van der Waals surface area contributed by atoms with Gasteiger partial charge in [-0.25, -0.2) is 4.98 Å². The van der Waals surface area contributed by atoms with Gasteiger partial charge in [0.25, 0.3) is 0 Å². The second kappa shape index (κ2) is 7.30. The number of ketones is 1. The lowest BCUT2D eigenvalue weighted by Gasteiger charge is -2.33. The molecule has 3 rings (SSSR count). The van der Waals surface area contributed by atoms with E-state index >= 15 is 0 Å². The largest absolute Gasteiger partial charge is 0.382 e. The molecule has 0 saturated carbocycles. The molecule has 1 saturated heterocycles. The first-order valence-electron chi connectivity index (χ1n) is 7.54. The second-order valence-electron chi connectivity index (χ2n) is 5.37. The summed E-state index contributed by atoms with van der Waals surface area (Å²) in [7, 11) is 1.66. The first-order chi connectivity index (χ1) is 11.3. The molecule has 1 aliphatic rings. The van der Waals surface area contributed by atoms with Crippen molar-refractivity contribution in [3.05, 3.63) is 54.0 Å². The van der Waals surface area contributed by atoms with Gasteiger partial charge in [0.15, 0.2) is 5.78 Å². The minimum Gasteiger partial charge on any atom is -0.382 e. The van der Waals surface area contributed by atoms with Crippen LogP contribution in [0.25, 0.3) is 0 Å². The van der Waals surface area contributed by atoms with E-state index in [2.05, 4.69) is 14.9 Å². The highest BCUT2D eigenvalue weighted by atomic mass is 16.5. The maximum atomic E-state index is 12.5. The molecule has 0 aliphatic carbocycles. The number of morpholine rings is 1. The molecule has 6 nitrogen and oxygen atoms in total. The zero-order valence-corrected chi connectivity index (χ0v) is 13.0. The number of methoxy groups -OCH3 is 1. The monoisotopic (exact) mass is 313 g/mol. The molecule has 1 aliphatic heterocycles. The average Bonchev–Trinajstić information content (AvgIpc) is 2.62. The minimum atomic E-state index is -0.0524. The summed E-state index contributed by atoms with van der Waals surface area (Å²) in [6.07, 6.45) is 4.91. The predicted octanol–water partition coefficient (Wildman–Crippen LogP) is 1.56. The average molecular weight is 313 g/mol. The summed E-state index contributed by atoms with van der Waals surface area (Å²) in [5, 5.41) is 0. The Morgan fingerprint density at radius 2 is 2.30 bits per heavy atom. The number of hydrogen-bond donors (Lipinski definition) is 0. The van der Waals surface area contributed by atoms with E-state index in [1.165, 1.54) is 0 Å². The Morgan fingerprint density at radius 3 is 3.09 bits per heavy atom. The van der Waals surface area contributed by atoms with Gasteiger partial charge < -0.3 is 14.4 Å². The topological polar surface area (TPSA) is 64.5 Å². The Kier molecular flexibility index (Phi) is 4.95. The molecular formula is C17H19N3O3. The fourth-order valence-corrected chi connectivity index (χ4v) is 2.61. The van der Waals surface area contributed by atoms with Gasteiger partial charge in [-0.2, -0.15) is 0 Å². The molecular weight excluding hydrogens is 294 g/mol. The van der Waals surface area contributed by atoms with Gasteiger partial charge in [0.1, 0.15) is 5.82 Å². The molecule has 1 atom stereocenters. The van der Waals surface area contributed by atoms with Crippen molar-refractivity contribution in [2.75, 3.05) is 38.3 Å². The zero-order chi connectivity index (χ0) is 16.1. The van der Waals surface area contributed by atoms with Crippen LogP contribution in [0.2, 0.25) is 0 Å². The molecule has 1 fully saturated rings. The van der Waals surface area contributed by atoms with Crippen molar-refractivity contribution < 1.29 is 14.3 Å². The number of nitrogens with zero attached hydrogens (tertiary/aromatic N) is 3. The van der Waals surface area contributed by atoms with Crippen LogP contribution in [0.3, 0.4) is 0 Å². The van der Waals surface area contributed by atoms with Crippen molar-refractivity contribution in [1.29, 1.82) is 0 Å². The normalized spacial score (nSPS) is 18.0. The fraction of sp³-hybridized carbons (Fsp3) is 0.353. The summed E-state index contributed by atoms with van der Waals surface area (Å²) >= 11 is 0. The van der Waals surface area contributed by atoms with Crippen LogP contribution >= 0.6 is 0 Å². The molecule has 120 valence electrons. The Morgan fingerprint density at radius 1 is 1.39 bits per heavy atom. The lowest BCUT2D eigenvalue weighted by Crippen LogP contribution is -2.44. The molecule has 0 N–H and O–H groups in total. The van der Waals surface area contributed by atoms with Gasteiger partial charge in [0.2, 0.25) is 0 Å². The number of hydrogen-bond acceptors (Lipinski definition) is 6. The molecule has 0 amide bonds. The van der Waals surface area contributed by atoms with Crippen LogP contribution in [0.4, 0.5) is 5.82 Å². The van der Waals surface area contributed by atoms with Crippen molar-refractivity contribution in [1.82, 2.24) is 9.97 Å². The third kappa shape index (κ3) is 3.72. The van der Waals surface area contributed by atoms with Crippen molar-refractivity contribution in [3.8, 4) is 0 Å². The molecule has 3 heterocycles. The highest BCUT2D eigenvalue weighted by Gasteiger charge is 2.22. The van der Waals surface area contributed by atoms with E-state index in [4.69, 9.17) is 9.47 Å². The molecule has 0 unspecified atom stereocenters. The number of ether oxygens (including phenoxy) is 2. The van der Waals surface area contributed by atoms with Crippen LogP contribution in [0.15, 0.2) is 42.9 Å². The summed E-state index contributed by atoms with van der Waals surface area (Å²) in [4.78, 5) is 23.0. The van der Waals surface area contributed by atoms with Gasteiger partial charge >= 0.3 is 0 Å². The van der Waals surface area contributed by atoms with Gasteiger partial charge in [0.05, 0.1) is 19.3 Å². The van der Waals surface area contributed by atoms with Crippen molar-refractivity contribution >= 4 is 11.6 Å². The molecule has 0 spiro atoms. The van der Waals surface area contributed by atoms with E-state index in [1.54, 1.807) is 43.9 Å². The molecule has 2 aromatic heterocycles. The number of carbonyl (C=O) groups excluding carboxylic acids is 1. The lowest BCUT2D eigenvalue weighted by atomic mass is 10.1. The van der Waals surface area contributed by atoms with E-state index in [0.717, 1.165) is 12.4 Å². The van der Waals surface area contributed by atoms with Crippen LogP contribution in [0.5, 0.6) is 0 Å². The van der Waals surface area contributed by atoms with Crippen LogP contribution < -0.4 is 4.90 Å². The van der Waals surface area contributed by atoms with Crippen molar-refractivity contribution in [2.45, 2.75) is 6.10 Å². The second-order valence-corrected chi connectivity index (χ2v) is 5.37. The van der Waals surface area contributed by atoms with Gasteiger partial charge in [0, 0.05) is 49.9 Å². The highest BCUT2D eigenvalue weighted by Crippen LogP contribution is 2.18. The van der Waals surface area contributed by atoms with Gasteiger partial charge in [-0.3, -0.25) is 9.78 Å². The smallest absolute Gasteiger partial charge is 0.194 e. The molecule has 2 aromatic rings. The zero-order valence-electron chi connectivity index (χ0n) is 13.0. The number of rotatable bonds is 5. The summed E-state index contributed by atoms with van der Waals surface area (Å²) in [5.41, 5.74) is 1.18. The first kappa shape index (κ1) is 15.6. The van der Waals surface area contributed by atoms with Crippen molar-refractivity contribution in [3.63, 3.8) is 0 Å². The third-order valence-electron chi connectivity index (χ3n) is 3.75.